The number of rotatable bonds is 5. The number of nitrogens with one attached hydrogen (secondary N) is 1. The Bertz CT molecular complexity index is 872. The number of hydrogen-bond donors (Lipinski definition) is 1. The predicted molar refractivity (Wildman–Crippen MR) is 95.4 cm³/mol. The molecular weight excluding hydrogens is 336 g/mol. The number of hydrogen-bond acceptors (Lipinski definition) is 7. The molecule has 0 unspecified atom stereocenters. The summed E-state index contributed by atoms with van der Waals surface area (Å²) < 4.78 is 17.7. The third-order valence-corrected chi connectivity index (χ3v) is 4.18. The van der Waals surface area contributed by atoms with Gasteiger partial charge in [0.2, 0.25) is 5.95 Å². The highest BCUT2D eigenvalue weighted by Gasteiger charge is 2.35. The van der Waals surface area contributed by atoms with Gasteiger partial charge in [-0.2, -0.15) is 10.1 Å². The van der Waals surface area contributed by atoms with Crippen LogP contribution < -0.4 is 14.8 Å². The van der Waals surface area contributed by atoms with Gasteiger partial charge >= 0.3 is 5.97 Å². The molecule has 0 amide bonds. The maximum absolute atomic E-state index is 12.6. The van der Waals surface area contributed by atoms with Crippen LogP contribution in [0, 0.1) is 6.92 Å². The molecule has 8 heteroatoms. The Morgan fingerprint density at radius 1 is 1.23 bits per heavy atom. The Balaban J connectivity index is 2.18. The van der Waals surface area contributed by atoms with E-state index in [1.54, 1.807) is 38.8 Å². The summed E-state index contributed by atoms with van der Waals surface area (Å²) >= 11 is 0. The van der Waals surface area contributed by atoms with E-state index >= 15 is 0 Å². The molecule has 1 aliphatic rings. The zero-order chi connectivity index (χ0) is 18.8. The molecule has 0 aliphatic carbocycles. The van der Waals surface area contributed by atoms with Gasteiger partial charge < -0.3 is 19.5 Å². The molecule has 0 saturated carbocycles. The summed E-state index contributed by atoms with van der Waals surface area (Å²) in [6.45, 7) is 5.70. The molecule has 26 heavy (non-hydrogen) atoms. The molecule has 0 radical (unpaired) electrons. The first-order valence-electron chi connectivity index (χ1n) is 8.30. The number of fused-ring (bicyclic) bond motifs is 1. The van der Waals surface area contributed by atoms with E-state index in [9.17, 15) is 4.79 Å². The zero-order valence-corrected chi connectivity index (χ0v) is 15.5. The van der Waals surface area contributed by atoms with E-state index in [1.807, 2.05) is 19.1 Å². The number of esters is 1. The average molecular weight is 358 g/mol. The van der Waals surface area contributed by atoms with Crippen molar-refractivity contribution in [3.8, 4) is 11.5 Å². The summed E-state index contributed by atoms with van der Waals surface area (Å²) in [5.74, 6) is 1.97. The molecule has 1 aromatic carbocycles. The van der Waals surface area contributed by atoms with Crippen LogP contribution in [0.5, 0.6) is 11.5 Å². The van der Waals surface area contributed by atoms with Crippen molar-refractivity contribution in [3.63, 3.8) is 0 Å². The highest BCUT2D eigenvalue weighted by molar-refractivity contribution is 5.92. The van der Waals surface area contributed by atoms with Crippen LogP contribution in [0.1, 0.15) is 31.3 Å². The summed E-state index contributed by atoms with van der Waals surface area (Å²) in [4.78, 5) is 17.0. The van der Waals surface area contributed by atoms with Crippen LogP contribution in [-0.2, 0) is 9.53 Å². The van der Waals surface area contributed by atoms with Crippen LogP contribution in [0.4, 0.5) is 5.95 Å². The van der Waals surface area contributed by atoms with Gasteiger partial charge in [-0.25, -0.2) is 9.48 Å². The summed E-state index contributed by atoms with van der Waals surface area (Å²) in [6.07, 6.45) is 0. The minimum Gasteiger partial charge on any atom is -0.493 e. The standard InChI is InChI=1S/C18H22N4O4/c1-6-26-17(23)15-10(2)19-18-20-11(3)21-22(18)16(15)12-7-8-13(24-4)14(9-12)25-5/h7-9,16H,6H2,1-5H3,(H,19,20,21)/t16-/m0/s1. The lowest BCUT2D eigenvalue weighted by Gasteiger charge is -2.28. The van der Waals surface area contributed by atoms with Crippen molar-refractivity contribution in [2.24, 2.45) is 0 Å². The molecule has 1 N–H and O–H groups in total. The SMILES string of the molecule is CCOC(=O)C1=C(C)Nc2nc(C)nn2[C@H]1c1ccc(OC)c(OC)c1. The quantitative estimate of drug-likeness (QED) is 0.822. The lowest BCUT2D eigenvalue weighted by Crippen LogP contribution is -2.29. The number of ether oxygens (including phenoxy) is 3. The second-order valence-corrected chi connectivity index (χ2v) is 5.83. The maximum atomic E-state index is 12.6. The molecule has 0 spiro atoms. The molecule has 0 saturated heterocycles. The fourth-order valence-electron chi connectivity index (χ4n) is 3.06. The first-order valence-corrected chi connectivity index (χ1v) is 8.30. The Morgan fingerprint density at radius 2 is 1.96 bits per heavy atom. The van der Waals surface area contributed by atoms with Crippen molar-refractivity contribution in [2.45, 2.75) is 26.8 Å². The van der Waals surface area contributed by atoms with Crippen molar-refractivity contribution < 1.29 is 19.0 Å². The van der Waals surface area contributed by atoms with Gasteiger partial charge in [-0.05, 0) is 38.5 Å². The molecule has 2 heterocycles. The third-order valence-electron chi connectivity index (χ3n) is 4.18. The Hall–Kier alpha value is -3.03. The lowest BCUT2D eigenvalue weighted by atomic mass is 9.95. The van der Waals surface area contributed by atoms with E-state index < -0.39 is 12.0 Å². The first kappa shape index (κ1) is 17.8. The molecule has 1 atom stereocenters. The van der Waals surface area contributed by atoms with Crippen LogP contribution in [-0.4, -0.2) is 41.6 Å². The maximum Gasteiger partial charge on any atom is 0.338 e. The smallest absolute Gasteiger partial charge is 0.338 e. The van der Waals surface area contributed by atoms with Crippen LogP contribution in [0.25, 0.3) is 0 Å². The second-order valence-electron chi connectivity index (χ2n) is 5.83. The molecule has 1 aromatic heterocycles. The van der Waals surface area contributed by atoms with Gasteiger partial charge in [-0.3, -0.25) is 0 Å². The van der Waals surface area contributed by atoms with E-state index in [0.717, 1.165) is 5.56 Å². The summed E-state index contributed by atoms with van der Waals surface area (Å²) in [5.41, 5.74) is 1.98. The Morgan fingerprint density at radius 3 is 2.62 bits per heavy atom. The molecular formula is C18H22N4O4. The van der Waals surface area contributed by atoms with Crippen LogP contribution in [0.3, 0.4) is 0 Å². The van der Waals surface area contributed by atoms with Gasteiger partial charge in [-0.1, -0.05) is 6.07 Å². The largest absolute Gasteiger partial charge is 0.493 e. The summed E-state index contributed by atoms with van der Waals surface area (Å²) in [6, 6.07) is 5.04. The fraction of sp³-hybridized carbons (Fsp3) is 0.389. The number of aryl methyl sites for hydroxylation is 1. The average Bonchev–Trinajstić information content (AvgIpc) is 2.99. The fourth-order valence-corrected chi connectivity index (χ4v) is 3.06. The molecule has 138 valence electrons. The van der Waals surface area contributed by atoms with E-state index in [2.05, 4.69) is 15.4 Å². The molecule has 1 aliphatic heterocycles. The van der Waals surface area contributed by atoms with E-state index in [0.29, 0.717) is 34.5 Å². The van der Waals surface area contributed by atoms with Crippen molar-refractivity contribution in [2.75, 3.05) is 26.1 Å². The van der Waals surface area contributed by atoms with Crippen molar-refractivity contribution in [1.82, 2.24) is 14.8 Å². The minimum atomic E-state index is -0.480. The highest BCUT2D eigenvalue weighted by Crippen LogP contribution is 2.38. The number of aromatic nitrogens is 3. The number of nitrogens with zero attached hydrogens (tertiary/aromatic N) is 3. The minimum absolute atomic E-state index is 0.289. The molecule has 3 rings (SSSR count). The number of anilines is 1. The zero-order valence-electron chi connectivity index (χ0n) is 15.5. The number of carbonyl (C=O) groups is 1. The van der Waals surface area contributed by atoms with Crippen LogP contribution in [0.2, 0.25) is 0 Å². The van der Waals surface area contributed by atoms with Crippen molar-refractivity contribution in [1.29, 1.82) is 0 Å². The van der Waals surface area contributed by atoms with E-state index in [-0.39, 0.29) is 6.61 Å². The van der Waals surface area contributed by atoms with E-state index in [1.165, 1.54) is 0 Å². The highest BCUT2D eigenvalue weighted by atomic mass is 16.5. The van der Waals surface area contributed by atoms with Gasteiger partial charge in [0.25, 0.3) is 0 Å². The number of carbonyl (C=O) groups excluding carboxylic acids is 1. The van der Waals surface area contributed by atoms with Crippen LogP contribution >= 0.6 is 0 Å². The first-order chi connectivity index (χ1) is 12.5. The van der Waals surface area contributed by atoms with Gasteiger partial charge in [-0.15, -0.1) is 0 Å². The van der Waals surface area contributed by atoms with Gasteiger partial charge in [0, 0.05) is 5.70 Å². The van der Waals surface area contributed by atoms with Gasteiger partial charge in [0.1, 0.15) is 11.9 Å². The summed E-state index contributed by atoms with van der Waals surface area (Å²) in [5, 5.41) is 7.60. The van der Waals surface area contributed by atoms with Gasteiger partial charge in [0.05, 0.1) is 26.4 Å². The monoisotopic (exact) mass is 358 g/mol. The van der Waals surface area contributed by atoms with Crippen LogP contribution in [0.15, 0.2) is 29.5 Å². The Kier molecular flexibility index (Phi) is 4.83. The topological polar surface area (TPSA) is 87.5 Å². The number of allylic oxidation sites excluding steroid dienone is 1. The van der Waals surface area contributed by atoms with Crippen molar-refractivity contribution in [3.05, 3.63) is 40.9 Å². The number of benzene rings is 1. The number of methoxy groups -OCH3 is 2. The summed E-state index contributed by atoms with van der Waals surface area (Å²) in [7, 11) is 3.15. The third kappa shape index (κ3) is 2.98. The molecule has 0 fully saturated rings. The molecule has 2 aromatic rings. The normalized spacial score (nSPS) is 16.0. The lowest BCUT2D eigenvalue weighted by molar-refractivity contribution is -0.139. The van der Waals surface area contributed by atoms with E-state index in [4.69, 9.17) is 14.2 Å². The van der Waals surface area contributed by atoms with Crippen molar-refractivity contribution >= 4 is 11.9 Å². The molecule has 0 bridgehead atoms. The predicted octanol–water partition coefficient (Wildman–Crippen LogP) is 2.46. The second kappa shape index (κ2) is 7.07. The molecule has 8 nitrogen and oxygen atoms in total. The van der Waals surface area contributed by atoms with Gasteiger partial charge in [0.15, 0.2) is 11.5 Å². The Labute approximate surface area is 151 Å².